The van der Waals surface area contributed by atoms with E-state index in [0.29, 0.717) is 6.21 Å². The fourth-order valence-electron chi connectivity index (χ4n) is 4.00. The third-order valence-corrected chi connectivity index (χ3v) is 8.23. The molecule has 37 heavy (non-hydrogen) atoms. The number of ether oxygens (including phenoxy) is 2. The third-order valence-electron chi connectivity index (χ3n) is 5.81. The van der Waals surface area contributed by atoms with Crippen molar-refractivity contribution in [3.63, 3.8) is 0 Å². The molecule has 2 aliphatic rings. The van der Waals surface area contributed by atoms with E-state index in [4.69, 9.17) is 20.6 Å². The van der Waals surface area contributed by atoms with Gasteiger partial charge in [0.05, 0.1) is 12.3 Å². The van der Waals surface area contributed by atoms with Crippen molar-refractivity contribution in [3.8, 4) is 0 Å². The van der Waals surface area contributed by atoms with Crippen LogP contribution in [0.3, 0.4) is 0 Å². The van der Waals surface area contributed by atoms with Crippen molar-refractivity contribution in [1.82, 2.24) is 14.6 Å². The fourth-order valence-corrected chi connectivity index (χ4v) is 5.96. The quantitative estimate of drug-likeness (QED) is 0.0776. The lowest BCUT2D eigenvalue weighted by molar-refractivity contribution is -0.0884. The smallest absolute Gasteiger partial charge is 0.394 e. The van der Waals surface area contributed by atoms with Crippen molar-refractivity contribution in [1.29, 1.82) is 5.41 Å². The number of nitrogens with zero attached hydrogens (tertiary/aromatic N) is 2. The molecular formula is C15H25N5O15P2. The molecule has 3 heterocycles. The summed E-state index contributed by atoms with van der Waals surface area (Å²) < 4.78 is 34.3. The number of H-pyrrole nitrogens is 1. The van der Waals surface area contributed by atoms with Crippen LogP contribution in [0.2, 0.25) is 0 Å². The number of aliphatic hydroxyl groups excluding tert-OH is 6. The second kappa shape index (κ2) is 10.1. The van der Waals surface area contributed by atoms with Crippen LogP contribution in [0.5, 0.6) is 0 Å². The first-order valence-electron chi connectivity index (χ1n) is 10.1. The van der Waals surface area contributed by atoms with Crippen LogP contribution in [0.15, 0.2) is 0 Å². The number of hydrogen-bond donors (Lipinski definition) is 13. The Labute approximate surface area is 205 Å². The number of carbonyl (C=O) groups is 1. The summed E-state index contributed by atoms with van der Waals surface area (Å²) in [4.78, 5) is 58.5. The van der Waals surface area contributed by atoms with E-state index in [-0.39, 0.29) is 4.67 Å². The summed E-state index contributed by atoms with van der Waals surface area (Å²) >= 11 is 0. The van der Waals surface area contributed by atoms with Gasteiger partial charge in [0.1, 0.15) is 42.9 Å². The van der Waals surface area contributed by atoms with Crippen molar-refractivity contribution in [2.24, 2.45) is 5.73 Å². The highest BCUT2D eigenvalue weighted by molar-refractivity contribution is 7.53. The maximum absolute atomic E-state index is 13.2. The Hall–Kier alpha value is -1.71. The Morgan fingerprint density at radius 3 is 2.19 bits per heavy atom. The molecule has 14 N–H and O–H groups in total. The molecule has 1 aromatic heterocycles. The second-order valence-electron chi connectivity index (χ2n) is 8.13. The number of nitrogens with two attached hydrogens (primary N) is 1. The van der Waals surface area contributed by atoms with E-state index in [0.717, 1.165) is 0 Å². The van der Waals surface area contributed by atoms with E-state index in [1.54, 1.807) is 0 Å². The van der Waals surface area contributed by atoms with Crippen molar-refractivity contribution < 1.29 is 73.6 Å². The Morgan fingerprint density at radius 1 is 1.19 bits per heavy atom. The predicted octanol–water partition coefficient (Wildman–Crippen LogP) is -5.89. The van der Waals surface area contributed by atoms with Gasteiger partial charge in [-0.3, -0.25) is 9.36 Å². The summed E-state index contributed by atoms with van der Waals surface area (Å²) in [7, 11) is -11.5. The molecular weight excluding hydrogens is 552 g/mol. The minimum atomic E-state index is -5.76. The lowest BCUT2D eigenvalue weighted by atomic mass is 10.1. The number of aliphatic hydroxyl groups is 6. The van der Waals surface area contributed by atoms with Gasteiger partial charge in [0.25, 0.3) is 11.2 Å². The lowest BCUT2D eigenvalue weighted by Gasteiger charge is -2.31. The number of hydrogen-bond acceptors (Lipinski definition) is 14. The maximum atomic E-state index is 13.2. The monoisotopic (exact) mass is 577 g/mol. The van der Waals surface area contributed by atoms with Crippen molar-refractivity contribution in [2.45, 2.75) is 54.4 Å². The minimum Gasteiger partial charge on any atom is -0.394 e. The van der Waals surface area contributed by atoms with Gasteiger partial charge < -0.3 is 75.8 Å². The van der Waals surface area contributed by atoms with Crippen LogP contribution < -0.4 is 5.73 Å². The average molecular weight is 577 g/mol. The van der Waals surface area contributed by atoms with Crippen LogP contribution in [0, 0.1) is 5.41 Å². The molecule has 9 atom stereocenters. The number of rotatable bonds is 8. The highest BCUT2D eigenvalue weighted by atomic mass is 31.2. The molecule has 0 bridgehead atoms. The summed E-state index contributed by atoms with van der Waals surface area (Å²) in [6.45, 7) is -0.924. The number of aromatic nitrogens is 2. The Bertz CT molecular complexity index is 1140. The molecule has 0 saturated carbocycles. The van der Waals surface area contributed by atoms with E-state index < -0.39 is 99.5 Å². The number of amides is 1. The van der Waals surface area contributed by atoms with Crippen LogP contribution >= 0.6 is 15.3 Å². The SMILES string of the molecule is N=Cc1[nH]c(C2(P(=O)(O)O)O[C@H](C(N)O)[C@@H](O)[C@H]2O)nc1C(=O)N(C1O[C@H](CO)[C@@H](O)[C@H]1O)P(=O)(O)O. The molecule has 3 unspecified atom stereocenters. The van der Waals surface area contributed by atoms with E-state index in [2.05, 4.69) is 9.97 Å². The first-order valence-corrected chi connectivity index (χ1v) is 13.3. The van der Waals surface area contributed by atoms with Gasteiger partial charge in [-0.15, -0.1) is 0 Å². The van der Waals surface area contributed by atoms with Gasteiger partial charge in [-0.25, -0.2) is 14.2 Å². The van der Waals surface area contributed by atoms with E-state index in [9.17, 15) is 64.1 Å². The zero-order valence-corrected chi connectivity index (χ0v) is 20.1. The Kier molecular flexibility index (Phi) is 8.16. The summed E-state index contributed by atoms with van der Waals surface area (Å²) in [5, 5.41) is 63.7. The molecule has 0 aliphatic carbocycles. The van der Waals surface area contributed by atoms with Crippen molar-refractivity contribution in [3.05, 3.63) is 17.2 Å². The van der Waals surface area contributed by atoms with Gasteiger partial charge >= 0.3 is 15.3 Å². The maximum Gasteiger partial charge on any atom is 0.434 e. The van der Waals surface area contributed by atoms with Crippen molar-refractivity contribution in [2.75, 3.05) is 6.61 Å². The van der Waals surface area contributed by atoms with E-state index in [1.807, 2.05) is 0 Å². The lowest BCUT2D eigenvalue weighted by Crippen LogP contribution is -2.45. The third kappa shape index (κ3) is 4.80. The van der Waals surface area contributed by atoms with Gasteiger partial charge in [0, 0.05) is 6.21 Å². The van der Waals surface area contributed by atoms with Crippen LogP contribution in [-0.4, -0.2) is 133 Å². The van der Waals surface area contributed by atoms with Gasteiger partial charge in [-0.05, 0) is 0 Å². The first kappa shape index (κ1) is 29.8. The molecule has 1 amide bonds. The number of imidazole rings is 1. The molecule has 2 fully saturated rings. The number of aromatic amines is 1. The van der Waals surface area contributed by atoms with Crippen LogP contribution in [0.25, 0.3) is 0 Å². The molecule has 1 aromatic rings. The normalized spacial score (nSPS) is 35.5. The average Bonchev–Trinajstić information content (AvgIpc) is 3.42. The fraction of sp³-hybridized carbons (Fsp3) is 0.667. The zero-order valence-electron chi connectivity index (χ0n) is 18.3. The summed E-state index contributed by atoms with van der Waals surface area (Å²) in [5.41, 5.74) is 3.36. The molecule has 0 spiro atoms. The zero-order chi connectivity index (χ0) is 28.2. The Balaban J connectivity index is 2.16. The van der Waals surface area contributed by atoms with Gasteiger partial charge in [0.2, 0.25) is 0 Å². The molecule has 0 aromatic carbocycles. The van der Waals surface area contributed by atoms with Gasteiger partial charge in [0.15, 0.2) is 17.7 Å². The highest BCUT2D eigenvalue weighted by Gasteiger charge is 2.68. The van der Waals surface area contributed by atoms with Crippen LogP contribution in [0.1, 0.15) is 22.0 Å². The molecule has 2 saturated heterocycles. The topological polar surface area (TPSA) is 354 Å². The minimum absolute atomic E-state index is 0.333. The molecule has 20 nitrogen and oxygen atoms in total. The predicted molar refractivity (Wildman–Crippen MR) is 113 cm³/mol. The standard InChI is InChI=1S/C15H25N5O15P2/c16-1-3-5(12(27)20(37(31,32)33)13-7(23)6(22)4(2-21)34-13)19-14(18-3)15(36(28,29)30)10(25)8(24)9(35-15)11(17)26/h1,4,6-11,13,16,21-26H,2,17H2,(H,18,19)(H2,28,29,30)(H2,31,32,33)/t4-,6-,7-,8-,9+,10-,11?,13?,15?/m1/s1. The molecule has 3 rings (SSSR count). The molecule has 210 valence electrons. The first-order chi connectivity index (χ1) is 16.9. The summed E-state index contributed by atoms with van der Waals surface area (Å²) in [6.07, 6.45) is -16.3. The van der Waals surface area contributed by atoms with Gasteiger partial charge in [-0.2, -0.15) is 0 Å². The Morgan fingerprint density at radius 2 is 1.78 bits per heavy atom. The summed E-state index contributed by atoms with van der Waals surface area (Å²) in [6, 6.07) is 0. The van der Waals surface area contributed by atoms with Crippen LogP contribution in [-0.2, 0) is 23.9 Å². The molecule has 2 aliphatic heterocycles. The van der Waals surface area contributed by atoms with Gasteiger partial charge in [-0.1, -0.05) is 0 Å². The second-order valence-corrected chi connectivity index (χ2v) is 11.3. The van der Waals surface area contributed by atoms with E-state index in [1.165, 1.54) is 0 Å². The van der Waals surface area contributed by atoms with Crippen LogP contribution in [0.4, 0.5) is 0 Å². The van der Waals surface area contributed by atoms with E-state index >= 15 is 0 Å². The molecule has 0 radical (unpaired) electrons. The van der Waals surface area contributed by atoms with Crippen molar-refractivity contribution >= 4 is 27.5 Å². The molecule has 22 heteroatoms. The number of carbonyl (C=O) groups excluding carboxylic acids is 1. The summed E-state index contributed by atoms with van der Waals surface area (Å²) in [5.74, 6) is -2.90. The highest BCUT2D eigenvalue weighted by Crippen LogP contribution is 2.63. The largest absolute Gasteiger partial charge is 0.434 e. The number of nitrogens with one attached hydrogen (secondary N) is 2.